The summed E-state index contributed by atoms with van der Waals surface area (Å²) in [6, 6.07) is 5.48. The number of carbonyl (C=O) groups is 1. The van der Waals surface area contributed by atoms with E-state index in [1.807, 2.05) is 31.0 Å². The molecule has 0 aliphatic rings. The number of carbonyl (C=O) groups excluding carboxylic acids is 1. The first-order valence-electron chi connectivity index (χ1n) is 7.53. The lowest BCUT2D eigenvalue weighted by Crippen LogP contribution is -2.46. The largest absolute Gasteiger partial charge is 0.491 e. The van der Waals surface area contributed by atoms with Gasteiger partial charge in [0.25, 0.3) is 0 Å². The topological polar surface area (TPSA) is 32.8 Å². The van der Waals surface area contributed by atoms with Crippen LogP contribution in [0.3, 0.4) is 0 Å². The second-order valence-electron chi connectivity index (χ2n) is 4.76. The third-order valence-corrected chi connectivity index (χ3v) is 3.53. The van der Waals surface area contributed by atoms with E-state index in [0.717, 1.165) is 25.9 Å². The smallest absolute Gasteiger partial charge is 0.238 e. The number of anilines is 1. The number of ether oxygens (including phenoxy) is 1. The number of hydrazine groups is 1. The second-order valence-corrected chi connectivity index (χ2v) is 5.17. The summed E-state index contributed by atoms with van der Waals surface area (Å²) in [5.41, 5.74) is 0.631. The van der Waals surface area contributed by atoms with Gasteiger partial charge in [0.2, 0.25) is 5.91 Å². The first-order valence-corrected chi connectivity index (χ1v) is 7.91. The molecule has 0 saturated heterocycles. The van der Waals surface area contributed by atoms with Crippen LogP contribution in [0.5, 0.6) is 5.75 Å². The lowest BCUT2D eigenvalue weighted by Gasteiger charge is -2.34. The van der Waals surface area contributed by atoms with E-state index in [1.54, 1.807) is 11.1 Å². The molecule has 0 bridgehead atoms. The van der Waals surface area contributed by atoms with Crippen molar-refractivity contribution in [2.75, 3.05) is 24.7 Å². The summed E-state index contributed by atoms with van der Waals surface area (Å²) in [6.07, 6.45) is 2.03. The van der Waals surface area contributed by atoms with Gasteiger partial charge in [-0.25, -0.2) is 10.0 Å². The Morgan fingerprint density at radius 1 is 1.24 bits per heavy atom. The molecule has 0 saturated carbocycles. The minimum Gasteiger partial charge on any atom is -0.491 e. The number of unbranched alkanes of at least 4 members (excludes halogenated alkanes) is 1. The van der Waals surface area contributed by atoms with Crippen molar-refractivity contribution in [3.8, 4) is 5.75 Å². The first-order chi connectivity index (χ1) is 10.1. The number of benzene rings is 1. The Morgan fingerprint density at radius 2 is 1.90 bits per heavy atom. The monoisotopic (exact) mass is 312 g/mol. The van der Waals surface area contributed by atoms with Crippen LogP contribution in [-0.2, 0) is 4.79 Å². The number of hydrogen-bond donors (Lipinski definition) is 0. The normalized spacial score (nSPS) is 10.8. The van der Waals surface area contributed by atoms with Crippen LogP contribution < -0.4 is 9.75 Å². The van der Waals surface area contributed by atoms with Crippen molar-refractivity contribution in [1.29, 1.82) is 0 Å². The van der Waals surface area contributed by atoms with Crippen LogP contribution in [0.4, 0.5) is 5.69 Å². The standard InChI is InChI=1S/C16H25ClN2O2/c1-5-8-12-21-15-11-9-10-14(17)16(15)19(13(4)20)18(6-2)7-3/h9-11H,5-8,12H2,1-4H3. The predicted octanol–water partition coefficient (Wildman–Crippen LogP) is 4.13. The maximum atomic E-state index is 12.1. The lowest BCUT2D eigenvalue weighted by molar-refractivity contribution is -0.119. The molecule has 0 heterocycles. The summed E-state index contributed by atoms with van der Waals surface area (Å²) in [5, 5.41) is 4.07. The maximum absolute atomic E-state index is 12.1. The summed E-state index contributed by atoms with van der Waals surface area (Å²) < 4.78 is 5.82. The van der Waals surface area contributed by atoms with Gasteiger partial charge in [-0.1, -0.05) is 44.9 Å². The Labute approximate surface area is 132 Å². The minimum absolute atomic E-state index is 0.0767. The Kier molecular flexibility index (Phi) is 7.54. The fourth-order valence-corrected chi connectivity index (χ4v) is 2.39. The summed E-state index contributed by atoms with van der Waals surface area (Å²) in [5.74, 6) is 0.574. The molecule has 0 radical (unpaired) electrons. The van der Waals surface area contributed by atoms with E-state index in [0.29, 0.717) is 23.1 Å². The van der Waals surface area contributed by atoms with Gasteiger partial charge >= 0.3 is 0 Å². The fraction of sp³-hybridized carbons (Fsp3) is 0.562. The molecule has 1 amide bonds. The molecule has 0 aliphatic heterocycles. The third-order valence-electron chi connectivity index (χ3n) is 3.23. The van der Waals surface area contributed by atoms with E-state index < -0.39 is 0 Å². The molecule has 118 valence electrons. The van der Waals surface area contributed by atoms with Crippen molar-refractivity contribution >= 4 is 23.2 Å². The van der Waals surface area contributed by atoms with E-state index in [4.69, 9.17) is 16.3 Å². The molecule has 1 rings (SSSR count). The van der Waals surface area contributed by atoms with E-state index in [2.05, 4.69) is 6.92 Å². The molecule has 0 aromatic heterocycles. The van der Waals surface area contributed by atoms with E-state index >= 15 is 0 Å². The first kappa shape index (κ1) is 17.8. The van der Waals surface area contributed by atoms with Crippen molar-refractivity contribution in [3.05, 3.63) is 23.2 Å². The Balaban J connectivity index is 3.19. The molecule has 0 atom stereocenters. The van der Waals surface area contributed by atoms with Gasteiger partial charge in [0, 0.05) is 20.0 Å². The van der Waals surface area contributed by atoms with Gasteiger partial charge in [0.1, 0.15) is 11.4 Å². The lowest BCUT2D eigenvalue weighted by atomic mass is 10.2. The van der Waals surface area contributed by atoms with Crippen LogP contribution >= 0.6 is 11.6 Å². The highest BCUT2D eigenvalue weighted by atomic mass is 35.5. The molecule has 1 aromatic rings. The molecule has 0 fully saturated rings. The second kappa shape index (κ2) is 8.90. The average Bonchev–Trinajstić information content (AvgIpc) is 2.46. The van der Waals surface area contributed by atoms with Gasteiger partial charge in [-0.05, 0) is 18.6 Å². The number of para-hydroxylation sites is 1. The highest BCUT2D eigenvalue weighted by Gasteiger charge is 2.24. The Bertz CT molecular complexity index is 462. The minimum atomic E-state index is -0.0767. The van der Waals surface area contributed by atoms with Crippen molar-refractivity contribution in [2.24, 2.45) is 0 Å². The SMILES string of the molecule is CCCCOc1cccc(Cl)c1N(C(C)=O)N(CC)CC. The van der Waals surface area contributed by atoms with E-state index in [9.17, 15) is 4.79 Å². The summed E-state index contributed by atoms with van der Waals surface area (Å²) in [7, 11) is 0. The van der Waals surface area contributed by atoms with Crippen LogP contribution in [0.2, 0.25) is 5.02 Å². The van der Waals surface area contributed by atoms with Crippen LogP contribution in [0.1, 0.15) is 40.5 Å². The van der Waals surface area contributed by atoms with Crippen LogP contribution in [0.15, 0.2) is 18.2 Å². The predicted molar refractivity (Wildman–Crippen MR) is 87.9 cm³/mol. The number of halogens is 1. The number of rotatable bonds is 8. The maximum Gasteiger partial charge on any atom is 0.238 e. The molecule has 5 heteroatoms. The zero-order chi connectivity index (χ0) is 15.8. The quantitative estimate of drug-likeness (QED) is 0.534. The molecule has 0 unspecified atom stereocenters. The van der Waals surface area contributed by atoms with Gasteiger partial charge in [-0.3, -0.25) is 4.79 Å². The number of nitrogens with zero attached hydrogens (tertiary/aromatic N) is 2. The van der Waals surface area contributed by atoms with Crippen LogP contribution in [0.25, 0.3) is 0 Å². The van der Waals surface area contributed by atoms with Crippen molar-refractivity contribution in [2.45, 2.75) is 40.5 Å². The summed E-state index contributed by atoms with van der Waals surface area (Å²) in [6.45, 7) is 9.72. The van der Waals surface area contributed by atoms with Gasteiger partial charge in [0.15, 0.2) is 0 Å². The Morgan fingerprint density at radius 3 is 2.43 bits per heavy atom. The van der Waals surface area contributed by atoms with E-state index in [1.165, 1.54) is 6.92 Å². The average molecular weight is 313 g/mol. The highest BCUT2D eigenvalue weighted by Crippen LogP contribution is 2.36. The van der Waals surface area contributed by atoms with Crippen molar-refractivity contribution < 1.29 is 9.53 Å². The van der Waals surface area contributed by atoms with Gasteiger partial charge in [-0.2, -0.15) is 0 Å². The van der Waals surface area contributed by atoms with Crippen molar-refractivity contribution in [3.63, 3.8) is 0 Å². The number of hydrogen-bond acceptors (Lipinski definition) is 3. The highest BCUT2D eigenvalue weighted by molar-refractivity contribution is 6.34. The Hall–Kier alpha value is -1.26. The molecule has 4 nitrogen and oxygen atoms in total. The molecule has 1 aromatic carbocycles. The molecule has 0 spiro atoms. The van der Waals surface area contributed by atoms with Crippen LogP contribution in [0, 0.1) is 0 Å². The van der Waals surface area contributed by atoms with E-state index in [-0.39, 0.29) is 5.91 Å². The molecule has 21 heavy (non-hydrogen) atoms. The molecule has 0 aliphatic carbocycles. The van der Waals surface area contributed by atoms with Gasteiger partial charge < -0.3 is 4.74 Å². The van der Waals surface area contributed by atoms with Crippen LogP contribution in [-0.4, -0.2) is 30.6 Å². The zero-order valence-corrected chi connectivity index (χ0v) is 14.1. The molecule has 0 N–H and O–H groups in total. The summed E-state index contributed by atoms with van der Waals surface area (Å²) >= 11 is 6.34. The zero-order valence-electron chi connectivity index (χ0n) is 13.4. The third kappa shape index (κ3) is 4.61. The van der Waals surface area contributed by atoms with Gasteiger partial charge in [-0.15, -0.1) is 0 Å². The fourth-order valence-electron chi connectivity index (χ4n) is 2.15. The number of amides is 1. The molecular formula is C16H25ClN2O2. The van der Waals surface area contributed by atoms with Crippen molar-refractivity contribution in [1.82, 2.24) is 5.01 Å². The van der Waals surface area contributed by atoms with Gasteiger partial charge in [0.05, 0.1) is 11.6 Å². The summed E-state index contributed by atoms with van der Waals surface area (Å²) in [4.78, 5) is 12.1. The molecular weight excluding hydrogens is 288 g/mol.